The Morgan fingerprint density at radius 1 is 1.10 bits per heavy atom. The van der Waals surface area contributed by atoms with Crippen LogP contribution in [0.1, 0.15) is 43.2 Å². The largest absolute Gasteiger partial charge is 0.489 e. The topological polar surface area (TPSA) is 93.4 Å². The summed E-state index contributed by atoms with van der Waals surface area (Å²) < 4.78 is 16.9. The van der Waals surface area contributed by atoms with Crippen molar-refractivity contribution in [1.29, 1.82) is 0 Å². The third-order valence-electron chi connectivity index (χ3n) is 6.30. The Hall–Kier alpha value is -4.24. The maximum Gasteiger partial charge on any atom is 0.338 e. The molecule has 2 aliphatic heterocycles. The van der Waals surface area contributed by atoms with Crippen molar-refractivity contribution in [3.05, 3.63) is 112 Å². The Morgan fingerprint density at radius 3 is 2.72 bits per heavy atom. The second-order valence-corrected chi connectivity index (χ2v) is 9.83. The molecule has 9 heteroatoms. The molecule has 0 bridgehead atoms. The molecule has 5 rings (SSSR count). The molecule has 2 aliphatic rings. The molecule has 0 unspecified atom stereocenters. The summed E-state index contributed by atoms with van der Waals surface area (Å²) in [6.07, 6.45) is 1.69. The smallest absolute Gasteiger partial charge is 0.338 e. The first-order valence-corrected chi connectivity index (χ1v) is 13.6. The number of nitrogens with one attached hydrogen (secondary N) is 1. The normalized spacial score (nSPS) is 16.4. The van der Waals surface area contributed by atoms with E-state index in [0.717, 1.165) is 16.8 Å². The van der Waals surface area contributed by atoms with Gasteiger partial charge in [-0.1, -0.05) is 54.2 Å². The summed E-state index contributed by atoms with van der Waals surface area (Å²) in [7, 11) is 0. The molecule has 3 heterocycles. The Kier molecular flexibility index (Phi) is 8.17. The first-order chi connectivity index (χ1) is 19.0. The minimum atomic E-state index is -0.532. The van der Waals surface area contributed by atoms with Gasteiger partial charge in [-0.15, -0.1) is 0 Å². The van der Waals surface area contributed by atoms with E-state index < -0.39 is 12.0 Å². The van der Waals surface area contributed by atoms with Crippen molar-refractivity contribution in [3.8, 4) is 5.75 Å². The van der Waals surface area contributed by atoms with Gasteiger partial charge in [0.2, 0.25) is 5.91 Å². The van der Waals surface area contributed by atoms with Gasteiger partial charge in [-0.2, -0.15) is 0 Å². The third-order valence-corrected chi connectivity index (χ3v) is 7.19. The minimum absolute atomic E-state index is 0.114. The number of rotatable bonds is 10. The minimum Gasteiger partial charge on any atom is -0.489 e. The number of nitrogens with zero attached hydrogens (tertiary/aromatic N) is 2. The average molecular weight is 544 g/mol. The molecular weight excluding hydrogens is 514 g/mol. The van der Waals surface area contributed by atoms with Crippen LogP contribution in [-0.4, -0.2) is 28.6 Å². The van der Waals surface area contributed by atoms with Gasteiger partial charge in [-0.3, -0.25) is 4.79 Å². The molecule has 0 saturated heterocycles. The molecule has 0 fully saturated rings. The SMILES string of the molecule is CCOC(=O)C1=C(C)N=C2SC=C(CC(=O)NCc3ccco3)N2[C@@H]1c1cccc(OCc2ccccc2)c1. The van der Waals surface area contributed by atoms with Crippen LogP contribution in [0, 0.1) is 0 Å². The molecule has 8 nitrogen and oxygen atoms in total. The molecule has 2 aromatic carbocycles. The van der Waals surface area contributed by atoms with E-state index in [2.05, 4.69) is 5.32 Å². The fourth-order valence-corrected chi connectivity index (χ4v) is 5.46. The van der Waals surface area contributed by atoms with Crippen LogP contribution in [0.3, 0.4) is 0 Å². The van der Waals surface area contributed by atoms with Crippen LogP contribution in [0.5, 0.6) is 5.75 Å². The zero-order valence-electron chi connectivity index (χ0n) is 21.8. The quantitative estimate of drug-likeness (QED) is 0.328. The number of thioether (sulfide) groups is 1. The second-order valence-electron chi connectivity index (χ2n) is 8.99. The fourth-order valence-electron chi connectivity index (χ4n) is 4.50. The maximum absolute atomic E-state index is 13.2. The van der Waals surface area contributed by atoms with Gasteiger partial charge in [0.1, 0.15) is 18.1 Å². The Morgan fingerprint density at radius 2 is 1.95 bits per heavy atom. The van der Waals surface area contributed by atoms with Crippen molar-refractivity contribution in [1.82, 2.24) is 10.2 Å². The van der Waals surface area contributed by atoms with E-state index in [1.807, 2.05) is 77.9 Å². The summed E-state index contributed by atoms with van der Waals surface area (Å²) in [5.41, 5.74) is 3.65. The first kappa shape index (κ1) is 26.4. The van der Waals surface area contributed by atoms with Crippen molar-refractivity contribution in [3.63, 3.8) is 0 Å². The van der Waals surface area contributed by atoms with Crippen molar-refractivity contribution < 1.29 is 23.5 Å². The highest BCUT2D eigenvalue weighted by Gasteiger charge is 2.41. The summed E-state index contributed by atoms with van der Waals surface area (Å²) in [5.74, 6) is 0.751. The highest BCUT2D eigenvalue weighted by molar-refractivity contribution is 8.16. The van der Waals surface area contributed by atoms with E-state index >= 15 is 0 Å². The highest BCUT2D eigenvalue weighted by Crippen LogP contribution is 2.45. The first-order valence-electron chi connectivity index (χ1n) is 12.7. The van der Waals surface area contributed by atoms with Gasteiger partial charge in [-0.25, -0.2) is 9.79 Å². The molecule has 0 spiro atoms. The number of carbonyl (C=O) groups is 2. The van der Waals surface area contributed by atoms with Gasteiger partial charge in [0, 0.05) is 5.70 Å². The highest BCUT2D eigenvalue weighted by atomic mass is 32.2. The van der Waals surface area contributed by atoms with Crippen molar-refractivity contribution in [2.45, 2.75) is 39.5 Å². The Labute approximate surface area is 231 Å². The summed E-state index contributed by atoms with van der Waals surface area (Å²) in [4.78, 5) is 32.7. The van der Waals surface area contributed by atoms with Crippen molar-refractivity contribution in [2.75, 3.05) is 6.61 Å². The van der Waals surface area contributed by atoms with E-state index in [4.69, 9.17) is 18.9 Å². The summed E-state index contributed by atoms with van der Waals surface area (Å²) in [6, 6.07) is 20.7. The molecular formula is C30H29N3O5S. The lowest BCUT2D eigenvalue weighted by atomic mass is 9.93. The molecule has 1 aromatic heterocycles. The van der Waals surface area contributed by atoms with Crippen molar-refractivity contribution >= 4 is 28.8 Å². The molecule has 0 radical (unpaired) electrons. The number of amides is 1. The van der Waals surface area contributed by atoms with Gasteiger partial charge < -0.3 is 24.1 Å². The molecule has 39 heavy (non-hydrogen) atoms. The lowest BCUT2D eigenvalue weighted by Gasteiger charge is -2.36. The van der Waals surface area contributed by atoms with Crippen LogP contribution in [0.2, 0.25) is 0 Å². The van der Waals surface area contributed by atoms with E-state index in [-0.39, 0.29) is 18.9 Å². The standard InChI is InChI=1S/C30H29N3O5S/c1-3-36-29(35)27-20(2)32-30-33(23(19-39-30)16-26(34)31-17-25-13-8-14-37-25)28(27)22-11-7-12-24(15-22)38-18-21-9-5-4-6-10-21/h4-15,19,28H,3,16-18H2,1-2H3,(H,31,34)/t28-/m1/s1. The predicted molar refractivity (Wildman–Crippen MR) is 149 cm³/mol. The lowest BCUT2D eigenvalue weighted by molar-refractivity contribution is -0.139. The number of fused-ring (bicyclic) bond motifs is 1. The van der Waals surface area contributed by atoms with Crippen molar-refractivity contribution in [2.24, 2.45) is 4.99 Å². The van der Waals surface area contributed by atoms with Gasteiger partial charge >= 0.3 is 5.97 Å². The predicted octanol–water partition coefficient (Wildman–Crippen LogP) is 5.70. The Balaban J connectivity index is 1.42. The molecule has 1 atom stereocenters. The number of esters is 1. The number of hydrogen-bond acceptors (Lipinski definition) is 8. The van der Waals surface area contributed by atoms with Crippen LogP contribution in [-0.2, 0) is 27.5 Å². The Bertz CT molecular complexity index is 1430. The molecule has 0 aliphatic carbocycles. The summed E-state index contributed by atoms with van der Waals surface area (Å²) >= 11 is 1.43. The fraction of sp³-hybridized carbons (Fsp3) is 0.233. The number of furan rings is 1. The third kappa shape index (κ3) is 6.09. The molecule has 200 valence electrons. The van der Waals surface area contributed by atoms with E-state index in [1.165, 1.54) is 11.8 Å². The van der Waals surface area contributed by atoms with Gasteiger partial charge in [0.25, 0.3) is 0 Å². The number of aliphatic imine (C=N–C) groups is 1. The van der Waals surface area contributed by atoms with Gasteiger partial charge in [-0.05, 0) is 54.6 Å². The number of amidine groups is 1. The zero-order chi connectivity index (χ0) is 27.2. The molecule has 1 N–H and O–H groups in total. The van der Waals surface area contributed by atoms with Crippen LogP contribution in [0.15, 0.2) is 105 Å². The number of ether oxygens (including phenoxy) is 2. The van der Waals surface area contributed by atoms with E-state index in [9.17, 15) is 9.59 Å². The summed E-state index contributed by atoms with van der Waals surface area (Å²) in [6.45, 7) is 4.55. The number of allylic oxidation sites excluding steroid dienone is 1. The van der Waals surface area contributed by atoms with Crippen LogP contribution in [0.4, 0.5) is 0 Å². The monoisotopic (exact) mass is 543 g/mol. The summed E-state index contributed by atoms with van der Waals surface area (Å²) in [5, 5.41) is 5.51. The number of benzene rings is 2. The second kappa shape index (κ2) is 12.1. The number of carbonyl (C=O) groups excluding carboxylic acids is 2. The van der Waals surface area contributed by atoms with E-state index in [0.29, 0.717) is 41.1 Å². The number of hydrogen-bond donors (Lipinski definition) is 1. The molecule has 3 aromatic rings. The maximum atomic E-state index is 13.2. The van der Waals surface area contributed by atoms with E-state index in [1.54, 1.807) is 19.3 Å². The molecule has 1 amide bonds. The van der Waals surface area contributed by atoms with Crippen LogP contribution < -0.4 is 10.1 Å². The van der Waals surface area contributed by atoms with Gasteiger partial charge in [0.05, 0.1) is 43.1 Å². The lowest BCUT2D eigenvalue weighted by Crippen LogP contribution is -2.38. The van der Waals surface area contributed by atoms with Gasteiger partial charge in [0.15, 0.2) is 5.17 Å². The van der Waals surface area contributed by atoms with Crippen LogP contribution in [0.25, 0.3) is 0 Å². The van der Waals surface area contributed by atoms with Crippen LogP contribution >= 0.6 is 11.8 Å². The zero-order valence-corrected chi connectivity index (χ0v) is 22.6. The average Bonchev–Trinajstić information content (AvgIpc) is 3.61. The molecule has 0 saturated carbocycles.